The van der Waals surface area contributed by atoms with Crippen LogP contribution in [0.1, 0.15) is 34.8 Å². The predicted molar refractivity (Wildman–Crippen MR) is 138 cm³/mol. The quantitative estimate of drug-likeness (QED) is 0.442. The second-order valence-electron chi connectivity index (χ2n) is 9.69. The van der Waals surface area contributed by atoms with Gasteiger partial charge in [0.25, 0.3) is 5.91 Å². The van der Waals surface area contributed by atoms with E-state index in [0.29, 0.717) is 18.7 Å². The Bertz CT molecular complexity index is 1350. The number of anilines is 1. The summed E-state index contributed by atoms with van der Waals surface area (Å²) in [6, 6.07) is 12.0. The molecule has 0 saturated carbocycles. The molecule has 4 aromatic rings. The largest absolute Gasteiger partial charge is 0.368 e. The Labute approximate surface area is 210 Å². The monoisotopic (exact) mass is 482 g/mol. The Morgan fingerprint density at radius 1 is 0.889 bits per heavy atom. The second kappa shape index (κ2) is 9.66. The molecule has 0 spiro atoms. The van der Waals surface area contributed by atoms with Crippen LogP contribution in [0.5, 0.6) is 0 Å². The van der Waals surface area contributed by atoms with Gasteiger partial charge in [-0.1, -0.05) is 18.2 Å². The van der Waals surface area contributed by atoms with Gasteiger partial charge < -0.3 is 14.7 Å². The van der Waals surface area contributed by atoms with Crippen LogP contribution < -0.4 is 4.90 Å². The van der Waals surface area contributed by atoms with Gasteiger partial charge in [-0.3, -0.25) is 9.78 Å². The maximum atomic E-state index is 13.1. The van der Waals surface area contributed by atoms with E-state index in [-0.39, 0.29) is 11.8 Å². The number of carbonyl (C=O) groups is 1. The third kappa shape index (κ3) is 4.42. The first-order valence-electron chi connectivity index (χ1n) is 12.6. The molecule has 1 aromatic carbocycles. The minimum Gasteiger partial charge on any atom is -0.368 e. The molecule has 2 fully saturated rings. The zero-order valence-electron chi connectivity index (χ0n) is 20.5. The van der Waals surface area contributed by atoms with Gasteiger partial charge in [-0.15, -0.1) is 0 Å². The van der Waals surface area contributed by atoms with Crippen LogP contribution in [-0.4, -0.2) is 86.8 Å². The summed E-state index contributed by atoms with van der Waals surface area (Å²) in [6.45, 7) is 5.47. The molecule has 9 heteroatoms. The van der Waals surface area contributed by atoms with Crippen molar-refractivity contribution < 1.29 is 4.79 Å². The lowest BCUT2D eigenvalue weighted by Gasteiger charge is -2.34. The topological polar surface area (TPSA) is 83.3 Å². The number of likely N-dealkylation sites (tertiary alicyclic amines) is 1. The van der Waals surface area contributed by atoms with Crippen LogP contribution in [0.4, 0.5) is 5.69 Å². The van der Waals surface area contributed by atoms with E-state index in [1.807, 2.05) is 47.6 Å². The Balaban J connectivity index is 1.14. The predicted octanol–water partition coefficient (Wildman–Crippen LogP) is 2.98. The number of benzene rings is 1. The molecular formula is C27H30N8O. The van der Waals surface area contributed by atoms with Crippen molar-refractivity contribution in [2.75, 3.05) is 51.2 Å². The zero-order chi connectivity index (χ0) is 24.5. The fraction of sp³-hybridized carbons (Fsp3) is 0.370. The molecule has 0 N–H and O–H groups in total. The first-order chi connectivity index (χ1) is 17.7. The Morgan fingerprint density at radius 3 is 2.44 bits per heavy atom. The molecule has 2 saturated heterocycles. The van der Waals surface area contributed by atoms with Crippen LogP contribution in [0.25, 0.3) is 16.7 Å². The average molecular weight is 483 g/mol. The van der Waals surface area contributed by atoms with Crippen molar-refractivity contribution in [3.05, 3.63) is 72.6 Å². The van der Waals surface area contributed by atoms with Crippen molar-refractivity contribution in [2.45, 2.75) is 18.8 Å². The zero-order valence-corrected chi connectivity index (χ0v) is 20.5. The Kier molecular flexibility index (Phi) is 6.06. The minimum atomic E-state index is 0.0260. The van der Waals surface area contributed by atoms with Crippen molar-refractivity contribution in [2.24, 2.45) is 0 Å². The summed E-state index contributed by atoms with van der Waals surface area (Å²) in [4.78, 5) is 33.8. The molecule has 0 radical (unpaired) electrons. The van der Waals surface area contributed by atoms with E-state index in [1.165, 1.54) is 0 Å². The lowest BCUT2D eigenvalue weighted by atomic mass is 9.92. The van der Waals surface area contributed by atoms with E-state index in [4.69, 9.17) is 4.98 Å². The summed E-state index contributed by atoms with van der Waals surface area (Å²) in [7, 11) is 2.16. The molecule has 3 aromatic heterocycles. The van der Waals surface area contributed by atoms with E-state index in [2.05, 4.69) is 38.0 Å². The molecule has 0 atom stereocenters. The molecular weight excluding hydrogens is 452 g/mol. The number of para-hydroxylation sites is 1. The number of amides is 1. The maximum absolute atomic E-state index is 13.1. The fourth-order valence-electron chi connectivity index (χ4n) is 5.18. The highest BCUT2D eigenvalue weighted by molar-refractivity contribution is 5.94. The number of carbonyl (C=O) groups excluding carboxylic acids is 1. The third-order valence-corrected chi connectivity index (χ3v) is 7.38. The van der Waals surface area contributed by atoms with Gasteiger partial charge in [-0.25, -0.2) is 14.6 Å². The van der Waals surface area contributed by atoms with Gasteiger partial charge >= 0.3 is 0 Å². The van der Waals surface area contributed by atoms with Crippen LogP contribution in [-0.2, 0) is 0 Å². The number of pyridine rings is 1. The summed E-state index contributed by atoms with van der Waals surface area (Å²) < 4.78 is 1.75. The van der Waals surface area contributed by atoms with E-state index >= 15 is 0 Å². The summed E-state index contributed by atoms with van der Waals surface area (Å²) in [5.41, 5.74) is 5.44. The van der Waals surface area contributed by atoms with Crippen LogP contribution in [0.15, 0.2) is 61.3 Å². The SMILES string of the molecule is CN1CCN(c2cnc3c(C4CCN(C(=O)c5cnn(-c6ccccc6)c5)CC4)ncnc3c2)CC1. The Morgan fingerprint density at radius 2 is 1.67 bits per heavy atom. The van der Waals surface area contributed by atoms with Crippen LogP contribution in [0.2, 0.25) is 0 Å². The van der Waals surface area contributed by atoms with Crippen LogP contribution in [0, 0.1) is 0 Å². The normalized spacial score (nSPS) is 17.6. The third-order valence-electron chi connectivity index (χ3n) is 7.38. The molecule has 2 aliphatic heterocycles. The average Bonchev–Trinajstić information content (AvgIpc) is 3.44. The highest BCUT2D eigenvalue weighted by Crippen LogP contribution is 2.31. The molecule has 36 heavy (non-hydrogen) atoms. The number of aromatic nitrogens is 5. The highest BCUT2D eigenvalue weighted by Gasteiger charge is 2.28. The fourth-order valence-corrected chi connectivity index (χ4v) is 5.18. The summed E-state index contributed by atoms with van der Waals surface area (Å²) in [6.07, 6.45) is 8.79. The maximum Gasteiger partial charge on any atom is 0.257 e. The van der Waals surface area contributed by atoms with Crippen molar-refractivity contribution in [1.29, 1.82) is 0 Å². The first kappa shape index (κ1) is 22.6. The summed E-state index contributed by atoms with van der Waals surface area (Å²) in [5, 5.41) is 4.38. The van der Waals surface area contributed by atoms with Gasteiger partial charge in [0.2, 0.25) is 0 Å². The van der Waals surface area contributed by atoms with Gasteiger partial charge in [0.15, 0.2) is 0 Å². The van der Waals surface area contributed by atoms with Gasteiger partial charge in [0.05, 0.1) is 40.5 Å². The van der Waals surface area contributed by atoms with E-state index < -0.39 is 0 Å². The standard InChI is InChI=1S/C27H30N8O/c1-32-11-13-33(14-12-32)23-15-24-26(28-17-23)25(30-19-29-24)20-7-9-34(10-8-20)27(36)21-16-31-35(18-21)22-5-3-2-4-6-22/h2-6,15-20H,7-14H2,1H3. The molecule has 9 nitrogen and oxygen atoms in total. The lowest BCUT2D eigenvalue weighted by molar-refractivity contribution is 0.0712. The molecule has 6 rings (SSSR count). The molecule has 0 aliphatic carbocycles. The highest BCUT2D eigenvalue weighted by atomic mass is 16.2. The molecule has 2 aliphatic rings. The van der Waals surface area contributed by atoms with Gasteiger partial charge in [0.1, 0.15) is 11.8 Å². The van der Waals surface area contributed by atoms with Gasteiger partial charge in [-0.2, -0.15) is 5.10 Å². The number of nitrogens with zero attached hydrogens (tertiary/aromatic N) is 8. The van der Waals surface area contributed by atoms with E-state index in [0.717, 1.165) is 67.1 Å². The number of hydrogen-bond acceptors (Lipinski definition) is 7. The molecule has 1 amide bonds. The Hall–Kier alpha value is -3.85. The van der Waals surface area contributed by atoms with Gasteiger partial charge in [0, 0.05) is 51.4 Å². The number of rotatable bonds is 4. The number of fused-ring (bicyclic) bond motifs is 1. The molecule has 0 unspecified atom stereocenters. The molecule has 0 bridgehead atoms. The summed E-state index contributed by atoms with van der Waals surface area (Å²) in [5.74, 6) is 0.284. The summed E-state index contributed by atoms with van der Waals surface area (Å²) >= 11 is 0. The first-order valence-corrected chi connectivity index (χ1v) is 12.6. The minimum absolute atomic E-state index is 0.0260. The molecule has 184 valence electrons. The number of piperidine rings is 1. The smallest absolute Gasteiger partial charge is 0.257 e. The molecule has 5 heterocycles. The van der Waals surface area contributed by atoms with Crippen molar-refractivity contribution >= 4 is 22.6 Å². The van der Waals surface area contributed by atoms with E-state index in [1.54, 1.807) is 17.2 Å². The number of likely N-dealkylation sites (N-methyl/N-ethyl adjacent to an activating group) is 1. The second-order valence-corrected chi connectivity index (χ2v) is 9.69. The van der Waals surface area contributed by atoms with E-state index in [9.17, 15) is 4.79 Å². The van der Waals surface area contributed by atoms with Crippen molar-refractivity contribution in [3.8, 4) is 5.69 Å². The van der Waals surface area contributed by atoms with Crippen LogP contribution >= 0.6 is 0 Å². The van der Waals surface area contributed by atoms with Gasteiger partial charge in [-0.05, 0) is 38.1 Å². The number of piperazine rings is 1. The number of hydrogen-bond donors (Lipinski definition) is 0. The lowest BCUT2D eigenvalue weighted by Crippen LogP contribution is -2.44. The van der Waals surface area contributed by atoms with Crippen molar-refractivity contribution in [1.82, 2.24) is 34.5 Å². The van der Waals surface area contributed by atoms with Crippen LogP contribution in [0.3, 0.4) is 0 Å². The van der Waals surface area contributed by atoms with Crippen molar-refractivity contribution in [3.63, 3.8) is 0 Å².